The van der Waals surface area contributed by atoms with E-state index < -0.39 is 0 Å². The minimum absolute atomic E-state index is 0. The van der Waals surface area contributed by atoms with Crippen molar-refractivity contribution in [2.24, 2.45) is 5.73 Å². The molecule has 1 unspecified atom stereocenters. The highest BCUT2D eigenvalue weighted by Gasteiger charge is 2.21. The van der Waals surface area contributed by atoms with E-state index in [-0.39, 0.29) is 12.4 Å². The molecule has 1 aromatic carbocycles. The molecule has 0 saturated carbocycles. The normalized spacial score (nSPS) is 20.0. The van der Waals surface area contributed by atoms with E-state index in [1.165, 1.54) is 36.9 Å². The molecule has 2 rings (SSSR count). The van der Waals surface area contributed by atoms with E-state index in [4.69, 9.17) is 5.73 Å². The van der Waals surface area contributed by atoms with Crippen molar-refractivity contribution in [1.82, 2.24) is 4.90 Å². The average molecular weight is 283 g/mol. The number of nitrogens with two attached hydrogens (primary N) is 1. The Balaban J connectivity index is 0.00000180. The summed E-state index contributed by atoms with van der Waals surface area (Å²) in [7, 11) is 0. The van der Waals surface area contributed by atoms with Crippen LogP contribution in [0.5, 0.6) is 0 Å². The molecular weight excluding hydrogens is 256 g/mol. The van der Waals surface area contributed by atoms with Crippen molar-refractivity contribution in [3.05, 3.63) is 35.4 Å². The molecule has 0 spiro atoms. The van der Waals surface area contributed by atoms with Gasteiger partial charge in [-0.2, -0.15) is 0 Å². The standard InChI is InChI=1S/C16H26N2.ClH/c1-2-14-6-8-15(9-7-14)13-18-12-4-3-5-16(18)10-11-17;/h6-9,16H,2-5,10-13,17H2,1H3;1H. The highest BCUT2D eigenvalue weighted by Crippen LogP contribution is 2.21. The van der Waals surface area contributed by atoms with E-state index in [0.717, 1.165) is 25.9 Å². The Morgan fingerprint density at radius 3 is 2.47 bits per heavy atom. The topological polar surface area (TPSA) is 29.3 Å². The van der Waals surface area contributed by atoms with Gasteiger partial charge in [0.05, 0.1) is 0 Å². The number of halogens is 1. The van der Waals surface area contributed by atoms with Gasteiger partial charge in [0.2, 0.25) is 0 Å². The van der Waals surface area contributed by atoms with Gasteiger partial charge in [-0.05, 0) is 49.9 Å². The summed E-state index contributed by atoms with van der Waals surface area (Å²) in [6.45, 7) is 5.35. The van der Waals surface area contributed by atoms with Crippen LogP contribution in [0.4, 0.5) is 0 Å². The van der Waals surface area contributed by atoms with Crippen molar-refractivity contribution in [2.75, 3.05) is 13.1 Å². The molecule has 0 bridgehead atoms. The first-order valence-electron chi connectivity index (χ1n) is 7.35. The molecule has 1 aliphatic heterocycles. The van der Waals surface area contributed by atoms with E-state index in [2.05, 4.69) is 36.1 Å². The fraction of sp³-hybridized carbons (Fsp3) is 0.625. The van der Waals surface area contributed by atoms with Crippen LogP contribution in [0.25, 0.3) is 0 Å². The largest absolute Gasteiger partial charge is 0.330 e. The first-order chi connectivity index (χ1) is 8.83. The fourth-order valence-corrected chi connectivity index (χ4v) is 2.90. The quantitative estimate of drug-likeness (QED) is 0.897. The molecule has 1 heterocycles. The molecule has 19 heavy (non-hydrogen) atoms. The fourth-order valence-electron chi connectivity index (χ4n) is 2.90. The van der Waals surface area contributed by atoms with Crippen LogP contribution in [-0.4, -0.2) is 24.0 Å². The lowest BCUT2D eigenvalue weighted by Gasteiger charge is -2.35. The number of hydrogen-bond acceptors (Lipinski definition) is 2. The van der Waals surface area contributed by atoms with Gasteiger partial charge < -0.3 is 5.73 Å². The predicted octanol–water partition coefficient (Wildman–Crippen LogP) is 3.37. The molecule has 1 saturated heterocycles. The molecule has 0 radical (unpaired) electrons. The maximum Gasteiger partial charge on any atom is 0.0236 e. The molecule has 0 aromatic heterocycles. The monoisotopic (exact) mass is 282 g/mol. The summed E-state index contributed by atoms with van der Waals surface area (Å²) in [5.74, 6) is 0. The summed E-state index contributed by atoms with van der Waals surface area (Å²) in [6.07, 6.45) is 6.31. The Hall–Kier alpha value is -0.570. The van der Waals surface area contributed by atoms with Crippen molar-refractivity contribution in [1.29, 1.82) is 0 Å². The summed E-state index contributed by atoms with van der Waals surface area (Å²) >= 11 is 0. The van der Waals surface area contributed by atoms with Crippen molar-refractivity contribution in [2.45, 2.75) is 51.6 Å². The van der Waals surface area contributed by atoms with Crippen LogP contribution in [0.2, 0.25) is 0 Å². The third kappa shape index (κ3) is 4.79. The van der Waals surface area contributed by atoms with Crippen molar-refractivity contribution in [3.8, 4) is 0 Å². The van der Waals surface area contributed by atoms with Crippen molar-refractivity contribution in [3.63, 3.8) is 0 Å². The molecular formula is C16H27ClN2. The van der Waals surface area contributed by atoms with Crippen LogP contribution in [0.3, 0.4) is 0 Å². The second-order valence-corrected chi connectivity index (χ2v) is 5.37. The van der Waals surface area contributed by atoms with E-state index >= 15 is 0 Å². The summed E-state index contributed by atoms with van der Waals surface area (Å²) in [4.78, 5) is 2.62. The van der Waals surface area contributed by atoms with Crippen LogP contribution < -0.4 is 5.73 Å². The zero-order valence-electron chi connectivity index (χ0n) is 12.0. The van der Waals surface area contributed by atoms with Crippen LogP contribution in [0, 0.1) is 0 Å². The van der Waals surface area contributed by atoms with Gasteiger partial charge >= 0.3 is 0 Å². The first kappa shape index (κ1) is 16.5. The lowest BCUT2D eigenvalue weighted by molar-refractivity contribution is 0.134. The molecule has 2 nitrogen and oxygen atoms in total. The Kier molecular flexibility index (Phi) is 7.44. The van der Waals surface area contributed by atoms with Gasteiger partial charge in [0.15, 0.2) is 0 Å². The third-order valence-corrected chi connectivity index (χ3v) is 4.07. The molecule has 1 atom stereocenters. The Labute approximate surface area is 123 Å². The molecule has 108 valence electrons. The number of hydrogen-bond donors (Lipinski definition) is 1. The summed E-state index contributed by atoms with van der Waals surface area (Å²) in [5, 5.41) is 0. The summed E-state index contributed by atoms with van der Waals surface area (Å²) in [6, 6.07) is 9.79. The van der Waals surface area contributed by atoms with Crippen LogP contribution >= 0.6 is 12.4 Å². The van der Waals surface area contributed by atoms with Crippen LogP contribution in [-0.2, 0) is 13.0 Å². The number of nitrogens with zero attached hydrogens (tertiary/aromatic N) is 1. The van der Waals surface area contributed by atoms with Gasteiger partial charge in [0.25, 0.3) is 0 Å². The minimum Gasteiger partial charge on any atom is -0.330 e. The van der Waals surface area contributed by atoms with Crippen molar-refractivity contribution < 1.29 is 0 Å². The Morgan fingerprint density at radius 1 is 1.16 bits per heavy atom. The highest BCUT2D eigenvalue weighted by atomic mass is 35.5. The molecule has 3 heteroatoms. The number of benzene rings is 1. The SMILES string of the molecule is CCc1ccc(CN2CCCCC2CCN)cc1.Cl. The van der Waals surface area contributed by atoms with Gasteiger partial charge in [-0.25, -0.2) is 0 Å². The molecule has 1 aromatic rings. The van der Waals surface area contributed by atoms with Gasteiger partial charge in [0, 0.05) is 12.6 Å². The lowest BCUT2D eigenvalue weighted by atomic mass is 9.98. The highest BCUT2D eigenvalue weighted by molar-refractivity contribution is 5.85. The second-order valence-electron chi connectivity index (χ2n) is 5.37. The first-order valence-corrected chi connectivity index (χ1v) is 7.35. The van der Waals surface area contributed by atoms with Crippen molar-refractivity contribution >= 4 is 12.4 Å². The van der Waals surface area contributed by atoms with E-state index in [1.54, 1.807) is 0 Å². The minimum atomic E-state index is 0. The molecule has 1 fully saturated rings. The summed E-state index contributed by atoms with van der Waals surface area (Å²) in [5.41, 5.74) is 8.59. The average Bonchev–Trinajstić information content (AvgIpc) is 2.42. The molecule has 2 N–H and O–H groups in total. The van der Waals surface area contributed by atoms with Gasteiger partial charge in [-0.15, -0.1) is 12.4 Å². The molecule has 0 amide bonds. The van der Waals surface area contributed by atoms with Crippen LogP contribution in [0.1, 0.15) is 43.7 Å². The predicted molar refractivity (Wildman–Crippen MR) is 84.8 cm³/mol. The van der Waals surface area contributed by atoms with E-state index in [1.807, 2.05) is 0 Å². The van der Waals surface area contributed by atoms with Crippen LogP contribution in [0.15, 0.2) is 24.3 Å². The number of rotatable bonds is 5. The number of likely N-dealkylation sites (tertiary alicyclic amines) is 1. The lowest BCUT2D eigenvalue weighted by Crippen LogP contribution is -2.40. The Morgan fingerprint density at radius 2 is 1.84 bits per heavy atom. The molecule has 1 aliphatic rings. The molecule has 0 aliphatic carbocycles. The van der Waals surface area contributed by atoms with Gasteiger partial charge in [-0.1, -0.05) is 37.6 Å². The second kappa shape index (κ2) is 8.57. The maximum atomic E-state index is 5.73. The summed E-state index contributed by atoms with van der Waals surface area (Å²) < 4.78 is 0. The Bertz CT molecular complexity index is 348. The zero-order valence-corrected chi connectivity index (χ0v) is 12.8. The third-order valence-electron chi connectivity index (χ3n) is 4.07. The number of aryl methyl sites for hydroxylation is 1. The number of piperidine rings is 1. The van der Waals surface area contributed by atoms with E-state index in [0.29, 0.717) is 6.04 Å². The van der Waals surface area contributed by atoms with Gasteiger partial charge in [-0.3, -0.25) is 4.90 Å². The van der Waals surface area contributed by atoms with Gasteiger partial charge in [0.1, 0.15) is 0 Å². The smallest absolute Gasteiger partial charge is 0.0236 e. The van der Waals surface area contributed by atoms with E-state index in [9.17, 15) is 0 Å². The zero-order chi connectivity index (χ0) is 12.8. The maximum absolute atomic E-state index is 5.73.